The number of fused-ring (bicyclic) bond motifs is 5. The number of halogens is 2. The molecule has 0 amide bonds. The molecule has 0 radical (unpaired) electrons. The molecular formula is C38H46F2N8O2Si. The van der Waals surface area contributed by atoms with Crippen molar-refractivity contribution in [2.45, 2.75) is 83.0 Å². The van der Waals surface area contributed by atoms with E-state index in [1.807, 2.05) is 7.05 Å². The number of anilines is 1. The molecule has 268 valence electrons. The summed E-state index contributed by atoms with van der Waals surface area (Å²) < 4.78 is 39.1. The number of ether oxygens (including phenoxy) is 1. The molecule has 0 saturated carbocycles. The van der Waals surface area contributed by atoms with Gasteiger partial charge in [0, 0.05) is 26.0 Å². The van der Waals surface area contributed by atoms with E-state index < -0.39 is 13.9 Å². The Kier molecular flexibility index (Phi) is 8.62. The molecule has 2 aliphatic rings. The highest BCUT2D eigenvalue weighted by Crippen LogP contribution is 2.43. The second-order valence-corrected chi connectivity index (χ2v) is 20.9. The molecule has 5 aromatic rings. The molecule has 4 aromatic heterocycles. The molecule has 0 aliphatic carbocycles. The minimum Gasteiger partial charge on any atom is -0.463 e. The van der Waals surface area contributed by atoms with Gasteiger partial charge in [-0.3, -0.25) is 19.4 Å². The van der Waals surface area contributed by atoms with E-state index in [4.69, 9.17) is 25.5 Å². The van der Waals surface area contributed by atoms with E-state index in [9.17, 15) is 9.18 Å². The number of aromatic amines is 1. The van der Waals surface area contributed by atoms with Gasteiger partial charge in [0.2, 0.25) is 0 Å². The molecule has 0 bridgehead atoms. The third-order valence-electron chi connectivity index (χ3n) is 11.6. The first kappa shape index (κ1) is 34.9. The van der Waals surface area contributed by atoms with Crippen LogP contribution in [0, 0.1) is 17.3 Å². The Bertz CT molecular complexity index is 2340. The van der Waals surface area contributed by atoms with Crippen LogP contribution in [0.1, 0.15) is 66.4 Å². The summed E-state index contributed by atoms with van der Waals surface area (Å²) >= 11 is 0. The van der Waals surface area contributed by atoms with Crippen LogP contribution in [0.3, 0.4) is 0 Å². The predicted octanol–water partition coefficient (Wildman–Crippen LogP) is 7.12. The maximum Gasteiger partial charge on any atom is 0.298 e. The maximum atomic E-state index is 16.0. The number of pyridine rings is 1. The Morgan fingerprint density at radius 2 is 1.80 bits per heavy atom. The Labute approximate surface area is 297 Å². The number of H-pyrrole nitrogens is 1. The molecule has 2 aliphatic heterocycles. The third-order valence-corrected chi connectivity index (χ3v) is 17.9. The largest absolute Gasteiger partial charge is 0.463 e. The van der Waals surface area contributed by atoms with Gasteiger partial charge >= 0.3 is 0 Å². The summed E-state index contributed by atoms with van der Waals surface area (Å²) in [6.07, 6.45) is 3.17. The monoisotopic (exact) mass is 712 g/mol. The number of rotatable bonds is 7. The van der Waals surface area contributed by atoms with Gasteiger partial charge < -0.3 is 15.0 Å². The fourth-order valence-electron chi connectivity index (χ4n) is 9.24. The molecule has 0 spiro atoms. The van der Waals surface area contributed by atoms with Crippen molar-refractivity contribution >= 4 is 46.7 Å². The van der Waals surface area contributed by atoms with Crippen molar-refractivity contribution in [2.75, 3.05) is 25.4 Å². The van der Waals surface area contributed by atoms with Gasteiger partial charge in [-0.05, 0) is 65.5 Å². The highest BCUT2D eigenvalue weighted by molar-refractivity contribution is 6.90. The van der Waals surface area contributed by atoms with Gasteiger partial charge in [0.15, 0.2) is 5.65 Å². The SMILES string of the molecule is CC(C)[Si](C#Cc1c(F)ccc2cc(N)nc(-c3nn(C)c4c5c(=O)[nH]c(OC[C@@]67CCCN6C/C(=C\F)C7)nc5n(C)c34)c12)(C(C)C)C(C)C. The van der Waals surface area contributed by atoms with E-state index in [0.717, 1.165) is 25.0 Å². The number of nitrogens with zero attached hydrogens (tertiary/aromatic N) is 6. The summed E-state index contributed by atoms with van der Waals surface area (Å²) in [4.78, 5) is 28.3. The lowest BCUT2D eigenvalue weighted by molar-refractivity contribution is 0.107. The maximum absolute atomic E-state index is 16.0. The average molecular weight is 713 g/mol. The molecule has 2 fully saturated rings. The van der Waals surface area contributed by atoms with Crippen molar-refractivity contribution in [3.63, 3.8) is 0 Å². The summed E-state index contributed by atoms with van der Waals surface area (Å²) in [7, 11) is 1.34. The van der Waals surface area contributed by atoms with Crippen molar-refractivity contribution in [2.24, 2.45) is 14.1 Å². The minimum absolute atomic E-state index is 0.0899. The Morgan fingerprint density at radius 1 is 1.08 bits per heavy atom. The van der Waals surface area contributed by atoms with E-state index in [2.05, 4.69) is 62.9 Å². The first-order chi connectivity index (χ1) is 24.2. The second kappa shape index (κ2) is 12.6. The standard InChI is InChI=1S/C38H46F2N8O2Si/c1-21(2)51(22(3)4,23(5)6)15-12-26-27(40)11-10-25-16-28(41)42-31(29(25)26)32-34-33(47(8)45-32)30-35(46(34)7)43-37(44-36(30)49)50-20-38-13-9-14-48(38)19-24(17-38)18-39/h10-11,16,18,21-23H,9,13-14,17,19-20H2,1-8H3,(H2,41,42)(H,43,44,49)/b24-18-/t38-/m0/s1. The summed E-state index contributed by atoms with van der Waals surface area (Å²) in [5.74, 6) is 3.15. The molecule has 1 aromatic carbocycles. The summed E-state index contributed by atoms with van der Waals surface area (Å²) in [5, 5.41) is 6.40. The van der Waals surface area contributed by atoms with Crippen molar-refractivity contribution < 1.29 is 13.5 Å². The number of aryl methyl sites for hydroxylation is 2. The van der Waals surface area contributed by atoms with Gasteiger partial charge in [-0.15, -0.1) is 5.54 Å². The zero-order valence-corrected chi connectivity index (χ0v) is 31.6. The number of aromatic nitrogens is 6. The fourth-order valence-corrected chi connectivity index (χ4v) is 14.4. The lowest BCUT2D eigenvalue weighted by atomic mass is 9.94. The van der Waals surface area contributed by atoms with E-state index in [1.165, 1.54) is 6.07 Å². The van der Waals surface area contributed by atoms with Crippen LogP contribution in [0.4, 0.5) is 14.6 Å². The quantitative estimate of drug-likeness (QED) is 0.136. The van der Waals surface area contributed by atoms with E-state index >= 15 is 4.39 Å². The van der Waals surface area contributed by atoms with Gasteiger partial charge in [-0.2, -0.15) is 10.1 Å². The molecule has 10 nitrogen and oxygen atoms in total. The number of nitrogens with one attached hydrogen (secondary N) is 1. The molecule has 3 N–H and O–H groups in total. The first-order valence-corrected chi connectivity index (χ1v) is 20.0. The van der Waals surface area contributed by atoms with Gasteiger partial charge in [0.1, 0.15) is 48.6 Å². The Morgan fingerprint density at radius 3 is 2.49 bits per heavy atom. The number of nitrogen functional groups attached to an aromatic ring is 1. The number of hydrogen-bond donors (Lipinski definition) is 2. The minimum atomic E-state index is -2.22. The molecule has 1 atom stereocenters. The number of hydrogen-bond acceptors (Lipinski definition) is 7. The molecule has 7 rings (SSSR count). The van der Waals surface area contributed by atoms with Crippen LogP contribution in [-0.2, 0) is 14.1 Å². The molecule has 13 heteroatoms. The zero-order valence-electron chi connectivity index (χ0n) is 30.6. The van der Waals surface area contributed by atoms with Crippen molar-refractivity contribution in [3.8, 4) is 28.9 Å². The fraction of sp³-hybridized carbons (Fsp3) is 0.474. The van der Waals surface area contributed by atoms with Crippen LogP contribution in [0.5, 0.6) is 6.01 Å². The number of nitrogens with two attached hydrogens (primary N) is 1. The van der Waals surface area contributed by atoms with Crippen molar-refractivity contribution in [3.05, 3.63) is 51.8 Å². The van der Waals surface area contributed by atoms with Crippen LogP contribution >= 0.6 is 0 Å². The smallest absolute Gasteiger partial charge is 0.298 e. The lowest BCUT2D eigenvalue weighted by Gasteiger charge is -2.38. The zero-order chi connectivity index (χ0) is 36.6. The lowest BCUT2D eigenvalue weighted by Crippen LogP contribution is -2.43. The summed E-state index contributed by atoms with van der Waals surface area (Å²) in [5.41, 5.74) is 13.8. The molecule has 6 heterocycles. The van der Waals surface area contributed by atoms with Gasteiger partial charge in [-0.25, -0.2) is 13.8 Å². The highest BCUT2D eigenvalue weighted by Gasteiger charge is 2.47. The van der Waals surface area contributed by atoms with Gasteiger partial charge in [0.05, 0.1) is 22.9 Å². The summed E-state index contributed by atoms with van der Waals surface area (Å²) in [6, 6.07) is 4.93. The Balaban J connectivity index is 1.40. The Hall–Kier alpha value is -4.54. The van der Waals surface area contributed by atoms with Crippen LogP contribution in [-0.4, -0.2) is 67.5 Å². The second-order valence-electron chi connectivity index (χ2n) is 15.3. The molecule has 2 saturated heterocycles. The van der Waals surface area contributed by atoms with Gasteiger partial charge in [0.25, 0.3) is 11.6 Å². The van der Waals surface area contributed by atoms with Gasteiger partial charge in [-0.1, -0.05) is 53.5 Å². The topological polar surface area (TPSA) is 120 Å². The summed E-state index contributed by atoms with van der Waals surface area (Å²) in [6.45, 7) is 15.1. The van der Waals surface area contributed by atoms with E-state index in [-0.39, 0.29) is 35.1 Å². The first-order valence-electron chi connectivity index (χ1n) is 17.8. The normalized spacial score (nSPS) is 19.0. The molecule has 0 unspecified atom stereocenters. The average Bonchev–Trinajstić information content (AvgIpc) is 3.80. The van der Waals surface area contributed by atoms with Crippen molar-refractivity contribution in [1.29, 1.82) is 0 Å². The van der Waals surface area contributed by atoms with E-state index in [0.29, 0.717) is 80.1 Å². The van der Waals surface area contributed by atoms with Crippen LogP contribution in [0.15, 0.2) is 34.9 Å². The molecular weight excluding hydrogens is 667 g/mol. The number of benzene rings is 1. The van der Waals surface area contributed by atoms with E-state index in [1.54, 1.807) is 28.4 Å². The predicted molar refractivity (Wildman–Crippen MR) is 201 cm³/mol. The van der Waals surface area contributed by atoms with Crippen LogP contribution in [0.2, 0.25) is 16.6 Å². The van der Waals surface area contributed by atoms with Crippen molar-refractivity contribution in [1.82, 2.24) is 34.2 Å². The van der Waals surface area contributed by atoms with Crippen LogP contribution < -0.4 is 16.0 Å². The van der Waals surface area contributed by atoms with Crippen LogP contribution in [0.25, 0.3) is 44.2 Å². The molecule has 51 heavy (non-hydrogen) atoms. The third kappa shape index (κ3) is 5.37. The highest BCUT2D eigenvalue weighted by atomic mass is 28.3.